The number of rotatable bonds is 5. The number of aromatic nitrogens is 3. The van der Waals surface area contributed by atoms with E-state index in [9.17, 15) is 13.2 Å². The van der Waals surface area contributed by atoms with Crippen LogP contribution in [0.2, 0.25) is 0 Å². The third-order valence-corrected chi connectivity index (χ3v) is 4.24. The summed E-state index contributed by atoms with van der Waals surface area (Å²) in [5.74, 6) is 1.57. The highest BCUT2D eigenvalue weighted by Crippen LogP contribution is 2.31. The summed E-state index contributed by atoms with van der Waals surface area (Å²) in [6, 6.07) is 3.70. The van der Waals surface area contributed by atoms with Crippen molar-refractivity contribution in [3.63, 3.8) is 0 Å². The molecule has 0 amide bonds. The minimum absolute atomic E-state index is 0.102. The number of hydrogen-bond acceptors (Lipinski definition) is 6. The largest absolute Gasteiger partial charge is 0.416 e. The van der Waals surface area contributed by atoms with Gasteiger partial charge in [0, 0.05) is 37.2 Å². The highest BCUT2D eigenvalue weighted by atomic mass is 19.4. The molecule has 0 spiro atoms. The first kappa shape index (κ1) is 18.5. The first-order chi connectivity index (χ1) is 12.3. The lowest BCUT2D eigenvalue weighted by Gasteiger charge is -2.38. The molecule has 0 saturated carbocycles. The first-order valence-corrected chi connectivity index (χ1v) is 8.37. The molecule has 1 saturated heterocycles. The summed E-state index contributed by atoms with van der Waals surface area (Å²) in [4.78, 5) is 13.0. The van der Waals surface area contributed by atoms with Gasteiger partial charge in [0.15, 0.2) is 0 Å². The molecule has 140 valence electrons. The third kappa shape index (κ3) is 4.10. The average molecular weight is 366 g/mol. The van der Waals surface area contributed by atoms with Gasteiger partial charge in [-0.15, -0.1) is 0 Å². The van der Waals surface area contributed by atoms with Crippen molar-refractivity contribution in [1.82, 2.24) is 25.4 Å². The summed E-state index contributed by atoms with van der Waals surface area (Å²) in [6.45, 7) is 5.61. The molecule has 1 aliphatic rings. The van der Waals surface area contributed by atoms with E-state index in [-0.39, 0.29) is 17.7 Å². The lowest BCUT2D eigenvalue weighted by Crippen LogP contribution is -2.51. The zero-order valence-electron chi connectivity index (χ0n) is 14.8. The number of alkyl halides is 3. The van der Waals surface area contributed by atoms with Gasteiger partial charge in [-0.3, -0.25) is 5.43 Å². The van der Waals surface area contributed by atoms with Crippen molar-refractivity contribution < 1.29 is 13.2 Å². The van der Waals surface area contributed by atoms with Crippen molar-refractivity contribution in [3.8, 4) is 0 Å². The maximum atomic E-state index is 12.9. The molecule has 9 heteroatoms. The summed E-state index contributed by atoms with van der Waals surface area (Å²) >= 11 is 0. The number of anilines is 2. The van der Waals surface area contributed by atoms with Crippen molar-refractivity contribution in [2.75, 3.05) is 25.5 Å². The van der Waals surface area contributed by atoms with Gasteiger partial charge in [-0.25, -0.2) is 20.0 Å². The fraction of sp³-hybridized carbons (Fsp3) is 0.471. The average Bonchev–Trinajstić information content (AvgIpc) is 2.53. The van der Waals surface area contributed by atoms with E-state index in [2.05, 4.69) is 30.7 Å². The lowest BCUT2D eigenvalue weighted by atomic mass is 9.97. The second kappa shape index (κ2) is 7.16. The standard InChI is InChI=1S/C17H21F3N6/c1-10(2)16-23-13(11-8-26(9-11)21-3)7-15(25-16)24-14-6-12(4-5-22-14)17(18,19)20/h4-7,10-11,21H,8-9H2,1-3H3,(H,22,23,24,25). The van der Waals surface area contributed by atoms with Gasteiger partial charge in [-0.2, -0.15) is 13.2 Å². The Hall–Kier alpha value is -2.26. The molecular weight excluding hydrogens is 345 g/mol. The highest BCUT2D eigenvalue weighted by Gasteiger charge is 2.31. The quantitative estimate of drug-likeness (QED) is 0.847. The molecule has 6 nitrogen and oxygen atoms in total. The Labute approximate surface area is 149 Å². The molecule has 0 aromatic carbocycles. The number of nitrogens with zero attached hydrogens (tertiary/aromatic N) is 4. The molecule has 0 aliphatic carbocycles. The summed E-state index contributed by atoms with van der Waals surface area (Å²) in [5.41, 5.74) is 3.20. The van der Waals surface area contributed by atoms with Gasteiger partial charge in [0.05, 0.1) is 11.3 Å². The molecule has 1 fully saturated rings. The number of hydrazine groups is 1. The monoisotopic (exact) mass is 366 g/mol. The van der Waals surface area contributed by atoms with E-state index in [0.29, 0.717) is 11.6 Å². The van der Waals surface area contributed by atoms with Crippen LogP contribution in [0.15, 0.2) is 24.4 Å². The lowest BCUT2D eigenvalue weighted by molar-refractivity contribution is -0.137. The second-order valence-corrected chi connectivity index (χ2v) is 6.57. The molecule has 3 heterocycles. The van der Waals surface area contributed by atoms with Crippen LogP contribution in [0, 0.1) is 0 Å². The van der Waals surface area contributed by atoms with Gasteiger partial charge in [-0.05, 0) is 19.2 Å². The van der Waals surface area contributed by atoms with Crippen molar-refractivity contribution in [1.29, 1.82) is 0 Å². The van der Waals surface area contributed by atoms with Gasteiger partial charge in [-0.1, -0.05) is 13.8 Å². The minimum atomic E-state index is -4.41. The van der Waals surface area contributed by atoms with E-state index in [4.69, 9.17) is 0 Å². The number of pyridine rings is 1. The number of nitrogens with one attached hydrogen (secondary N) is 2. The Bertz CT molecular complexity index is 771. The normalized spacial score (nSPS) is 16.0. The molecule has 2 aromatic heterocycles. The summed E-state index contributed by atoms with van der Waals surface area (Å²) in [5, 5.41) is 4.95. The molecule has 26 heavy (non-hydrogen) atoms. The van der Waals surface area contributed by atoms with Crippen molar-refractivity contribution in [3.05, 3.63) is 41.5 Å². The van der Waals surface area contributed by atoms with Crippen LogP contribution in [0.5, 0.6) is 0 Å². The first-order valence-electron chi connectivity index (χ1n) is 8.37. The van der Waals surface area contributed by atoms with E-state index in [1.54, 1.807) is 6.07 Å². The van der Waals surface area contributed by atoms with E-state index in [0.717, 1.165) is 37.1 Å². The smallest absolute Gasteiger partial charge is 0.325 e. The van der Waals surface area contributed by atoms with Crippen LogP contribution in [-0.4, -0.2) is 40.1 Å². The van der Waals surface area contributed by atoms with Gasteiger partial charge >= 0.3 is 6.18 Å². The molecule has 0 bridgehead atoms. The fourth-order valence-electron chi connectivity index (χ4n) is 2.67. The van der Waals surface area contributed by atoms with Gasteiger partial charge in [0.2, 0.25) is 0 Å². The van der Waals surface area contributed by atoms with Crippen LogP contribution in [0.4, 0.5) is 24.8 Å². The Kier molecular flexibility index (Phi) is 5.10. The topological polar surface area (TPSA) is 66.0 Å². The minimum Gasteiger partial charge on any atom is -0.325 e. The van der Waals surface area contributed by atoms with Crippen molar-refractivity contribution >= 4 is 11.6 Å². The summed E-state index contributed by atoms with van der Waals surface area (Å²) < 4.78 is 38.6. The summed E-state index contributed by atoms with van der Waals surface area (Å²) in [6.07, 6.45) is -3.28. The molecule has 0 radical (unpaired) electrons. The fourth-order valence-corrected chi connectivity index (χ4v) is 2.67. The highest BCUT2D eigenvalue weighted by molar-refractivity contribution is 5.53. The van der Waals surface area contributed by atoms with Crippen molar-refractivity contribution in [2.24, 2.45) is 0 Å². The zero-order valence-corrected chi connectivity index (χ0v) is 14.8. The van der Waals surface area contributed by atoms with E-state index < -0.39 is 11.7 Å². The van der Waals surface area contributed by atoms with Crippen molar-refractivity contribution in [2.45, 2.75) is 31.9 Å². The molecule has 0 atom stereocenters. The summed E-state index contributed by atoms with van der Waals surface area (Å²) in [7, 11) is 1.86. The molecule has 0 unspecified atom stereocenters. The number of halogens is 3. The van der Waals surface area contributed by atoms with Gasteiger partial charge in [0.25, 0.3) is 0 Å². The molecular formula is C17H21F3N6. The predicted molar refractivity (Wildman–Crippen MR) is 92.0 cm³/mol. The van der Waals surface area contributed by atoms with Crippen LogP contribution in [0.25, 0.3) is 0 Å². The maximum Gasteiger partial charge on any atom is 0.416 e. The molecule has 3 rings (SSSR count). The van der Waals surface area contributed by atoms with Crippen LogP contribution in [-0.2, 0) is 6.18 Å². The van der Waals surface area contributed by atoms with Crippen LogP contribution < -0.4 is 10.7 Å². The third-order valence-electron chi connectivity index (χ3n) is 4.24. The maximum absolute atomic E-state index is 12.9. The molecule has 2 aromatic rings. The Balaban J connectivity index is 1.86. The van der Waals surface area contributed by atoms with Crippen LogP contribution in [0.1, 0.15) is 42.8 Å². The number of hydrogen-bond donors (Lipinski definition) is 2. The van der Waals surface area contributed by atoms with Gasteiger partial charge in [0.1, 0.15) is 17.5 Å². The second-order valence-electron chi connectivity index (χ2n) is 6.57. The zero-order chi connectivity index (χ0) is 18.9. The Morgan fingerprint density at radius 1 is 1.15 bits per heavy atom. The predicted octanol–water partition coefficient (Wildman–Crippen LogP) is 3.29. The SMILES string of the molecule is CNN1CC(c2cc(Nc3cc(C(F)(F)F)ccn3)nc(C(C)C)n2)C1. The van der Waals surface area contributed by atoms with E-state index >= 15 is 0 Å². The molecule has 2 N–H and O–H groups in total. The van der Waals surface area contributed by atoms with Crippen LogP contribution >= 0.6 is 0 Å². The Morgan fingerprint density at radius 2 is 1.88 bits per heavy atom. The van der Waals surface area contributed by atoms with E-state index in [1.165, 1.54) is 0 Å². The molecule has 1 aliphatic heterocycles. The Morgan fingerprint density at radius 3 is 2.50 bits per heavy atom. The van der Waals surface area contributed by atoms with Gasteiger partial charge < -0.3 is 5.32 Å². The van der Waals surface area contributed by atoms with Crippen LogP contribution in [0.3, 0.4) is 0 Å². The van der Waals surface area contributed by atoms with E-state index in [1.807, 2.05) is 20.9 Å².